The van der Waals surface area contributed by atoms with Crippen LogP contribution in [0.2, 0.25) is 0 Å². The highest BCUT2D eigenvalue weighted by Gasteiger charge is 2.00. The summed E-state index contributed by atoms with van der Waals surface area (Å²) >= 11 is 0. The number of benzene rings is 1. The van der Waals surface area contributed by atoms with Crippen molar-refractivity contribution in [2.75, 3.05) is 14.2 Å². The molecule has 0 bridgehead atoms. The number of amides is 1. The lowest BCUT2D eigenvalue weighted by molar-refractivity contribution is -0.254. The number of hydrogen-bond donors (Lipinski definition) is 3. The topological polar surface area (TPSA) is 77.0 Å². The summed E-state index contributed by atoms with van der Waals surface area (Å²) in [6.45, 7) is 0. The Balaban J connectivity index is 0.000000671. The fourth-order valence-corrected chi connectivity index (χ4v) is 0.800. The van der Waals surface area contributed by atoms with Gasteiger partial charge in [-0.15, -0.1) is 0 Å². The van der Waals surface area contributed by atoms with Gasteiger partial charge in [-0.3, -0.25) is 4.79 Å². The zero-order valence-electron chi connectivity index (χ0n) is 7.87. The van der Waals surface area contributed by atoms with Crippen LogP contribution in [0.25, 0.3) is 0 Å². The Morgan fingerprint density at radius 1 is 1.31 bits per heavy atom. The van der Waals surface area contributed by atoms with Gasteiger partial charge in [-0.1, -0.05) is 0 Å². The lowest BCUT2D eigenvalue weighted by Crippen LogP contribution is -2.40. The second-order valence-electron chi connectivity index (χ2n) is 2.28. The zero-order chi connectivity index (χ0) is 10.3. The highest BCUT2D eigenvalue weighted by Crippen LogP contribution is 2.02. The van der Waals surface area contributed by atoms with Gasteiger partial charge in [-0.05, 0) is 24.3 Å². The number of aliphatic hydroxyl groups is 1. The minimum absolute atomic E-state index is 0.0648. The maximum absolute atomic E-state index is 11.0. The Hall–Kier alpha value is -1.39. The Kier molecular flexibility index (Phi) is 5.50. The zero-order valence-corrected chi connectivity index (χ0v) is 7.87. The summed E-state index contributed by atoms with van der Waals surface area (Å²) in [6, 6.07) is 7.12. The molecule has 0 atom stereocenters. The monoisotopic (exact) mass is 183 g/mol. The predicted octanol–water partition coefficient (Wildman–Crippen LogP) is -0.472. The largest absolute Gasteiger partial charge is 0.400 e. The van der Waals surface area contributed by atoms with Gasteiger partial charge in [0.05, 0.1) is 0 Å². The highest BCUT2D eigenvalue weighted by atomic mass is 16.2. The van der Waals surface area contributed by atoms with E-state index in [4.69, 9.17) is 5.11 Å². The van der Waals surface area contributed by atoms with Crippen molar-refractivity contribution in [1.82, 2.24) is 5.32 Å². The van der Waals surface area contributed by atoms with E-state index in [9.17, 15) is 4.79 Å². The Morgan fingerprint density at radius 2 is 1.77 bits per heavy atom. The lowest BCUT2D eigenvalue weighted by Gasteiger charge is -1.97. The summed E-state index contributed by atoms with van der Waals surface area (Å²) in [4.78, 5) is 11.0. The molecule has 72 valence electrons. The van der Waals surface area contributed by atoms with Gasteiger partial charge >= 0.3 is 0 Å². The molecular formula is C9H15N2O2+. The van der Waals surface area contributed by atoms with Gasteiger partial charge in [-0.2, -0.15) is 0 Å². The molecule has 4 heteroatoms. The number of carbonyl (C=O) groups excluding carboxylic acids is 1. The minimum Gasteiger partial charge on any atom is -0.400 e. The maximum atomic E-state index is 11.0. The summed E-state index contributed by atoms with van der Waals surface area (Å²) < 4.78 is 0. The second kappa shape index (κ2) is 6.16. The summed E-state index contributed by atoms with van der Waals surface area (Å²) in [5.74, 6) is -0.0648. The first-order valence-electron chi connectivity index (χ1n) is 3.83. The van der Waals surface area contributed by atoms with Crippen LogP contribution in [-0.4, -0.2) is 25.2 Å². The second-order valence-corrected chi connectivity index (χ2v) is 2.28. The van der Waals surface area contributed by atoms with Gasteiger partial charge < -0.3 is 16.2 Å². The van der Waals surface area contributed by atoms with Crippen LogP contribution in [0.15, 0.2) is 24.3 Å². The standard InChI is InChI=1S/C8H10N2O.CH4O/c1-10-8(11)6-2-4-7(9)5-3-6;1-2/h2-5H,9H2,1H3,(H,10,11);2H,1H3/p+1. The first-order chi connectivity index (χ1) is 6.24. The van der Waals surface area contributed by atoms with E-state index in [1.165, 1.54) is 0 Å². The molecule has 0 spiro atoms. The molecule has 0 aromatic heterocycles. The highest BCUT2D eigenvalue weighted by molar-refractivity contribution is 5.94. The van der Waals surface area contributed by atoms with Crippen molar-refractivity contribution in [3.8, 4) is 0 Å². The van der Waals surface area contributed by atoms with Crippen LogP contribution >= 0.6 is 0 Å². The molecule has 1 rings (SSSR count). The Morgan fingerprint density at radius 3 is 2.15 bits per heavy atom. The summed E-state index contributed by atoms with van der Waals surface area (Å²) in [7, 11) is 2.61. The molecule has 0 radical (unpaired) electrons. The Bertz CT molecular complexity index is 257. The third-order valence-corrected chi connectivity index (χ3v) is 1.44. The molecule has 4 nitrogen and oxygen atoms in total. The average molecular weight is 183 g/mol. The van der Waals surface area contributed by atoms with Gasteiger partial charge in [0, 0.05) is 19.7 Å². The molecule has 0 aliphatic rings. The first kappa shape index (κ1) is 11.6. The van der Waals surface area contributed by atoms with Crippen molar-refractivity contribution in [2.45, 2.75) is 0 Å². The van der Waals surface area contributed by atoms with E-state index in [0.29, 0.717) is 5.56 Å². The number of quaternary nitrogens is 1. The fraction of sp³-hybridized carbons (Fsp3) is 0.222. The van der Waals surface area contributed by atoms with E-state index >= 15 is 0 Å². The van der Waals surface area contributed by atoms with Gasteiger partial charge in [0.25, 0.3) is 5.91 Å². The fourth-order valence-electron chi connectivity index (χ4n) is 0.800. The lowest BCUT2D eigenvalue weighted by atomic mass is 10.2. The average Bonchev–Trinajstić information content (AvgIpc) is 2.21. The summed E-state index contributed by atoms with van der Waals surface area (Å²) in [6.07, 6.45) is 0. The van der Waals surface area contributed by atoms with Crippen LogP contribution < -0.4 is 11.1 Å². The first-order valence-corrected chi connectivity index (χ1v) is 3.83. The van der Waals surface area contributed by atoms with Crippen molar-refractivity contribution in [3.63, 3.8) is 0 Å². The van der Waals surface area contributed by atoms with Gasteiger partial charge in [-0.25, -0.2) is 0 Å². The van der Waals surface area contributed by atoms with E-state index in [2.05, 4.69) is 11.1 Å². The van der Waals surface area contributed by atoms with Crippen molar-refractivity contribution in [3.05, 3.63) is 29.8 Å². The van der Waals surface area contributed by atoms with E-state index < -0.39 is 0 Å². The number of nitrogens with one attached hydrogen (secondary N) is 1. The summed E-state index contributed by atoms with van der Waals surface area (Å²) in [5, 5.41) is 9.54. The van der Waals surface area contributed by atoms with Crippen LogP contribution in [-0.2, 0) is 0 Å². The quantitative estimate of drug-likeness (QED) is 0.550. The third-order valence-electron chi connectivity index (χ3n) is 1.44. The molecule has 0 saturated heterocycles. The number of aliphatic hydroxyl groups excluding tert-OH is 1. The number of rotatable bonds is 1. The molecule has 1 aromatic carbocycles. The van der Waals surface area contributed by atoms with Crippen LogP contribution in [0.1, 0.15) is 10.4 Å². The van der Waals surface area contributed by atoms with E-state index in [-0.39, 0.29) is 5.91 Å². The van der Waals surface area contributed by atoms with Crippen molar-refractivity contribution in [1.29, 1.82) is 0 Å². The van der Waals surface area contributed by atoms with Crippen LogP contribution in [0.5, 0.6) is 0 Å². The van der Waals surface area contributed by atoms with Gasteiger partial charge in [0.2, 0.25) is 0 Å². The van der Waals surface area contributed by atoms with Gasteiger partial charge in [0.1, 0.15) is 5.69 Å². The molecular weight excluding hydrogens is 168 g/mol. The SMILES string of the molecule is CNC(=O)c1ccc([NH3+])cc1.CO. The smallest absolute Gasteiger partial charge is 0.251 e. The number of hydrogen-bond acceptors (Lipinski definition) is 2. The van der Waals surface area contributed by atoms with Crippen molar-refractivity contribution < 1.29 is 15.6 Å². The molecule has 0 fully saturated rings. The van der Waals surface area contributed by atoms with Crippen LogP contribution in [0, 0.1) is 0 Å². The van der Waals surface area contributed by atoms with E-state index in [0.717, 1.165) is 12.8 Å². The molecule has 13 heavy (non-hydrogen) atoms. The molecule has 5 N–H and O–H groups in total. The van der Waals surface area contributed by atoms with Crippen molar-refractivity contribution in [2.24, 2.45) is 0 Å². The van der Waals surface area contributed by atoms with Crippen LogP contribution in [0.4, 0.5) is 5.69 Å². The minimum atomic E-state index is -0.0648. The van der Waals surface area contributed by atoms with E-state index in [1.54, 1.807) is 19.2 Å². The molecule has 0 aliphatic carbocycles. The molecule has 1 amide bonds. The molecule has 1 aromatic rings. The Labute approximate surface area is 77.4 Å². The predicted molar refractivity (Wildman–Crippen MR) is 50.5 cm³/mol. The van der Waals surface area contributed by atoms with Crippen LogP contribution in [0.3, 0.4) is 0 Å². The molecule has 0 saturated carbocycles. The van der Waals surface area contributed by atoms with Gasteiger partial charge in [0.15, 0.2) is 0 Å². The normalized spacial score (nSPS) is 8.31. The third kappa shape index (κ3) is 3.68. The maximum Gasteiger partial charge on any atom is 0.251 e. The summed E-state index contributed by atoms with van der Waals surface area (Å²) in [5.41, 5.74) is 5.30. The molecule has 0 heterocycles. The molecule has 0 aliphatic heterocycles. The van der Waals surface area contributed by atoms with E-state index in [1.807, 2.05) is 12.1 Å². The number of carbonyl (C=O) groups is 1. The van der Waals surface area contributed by atoms with Crippen molar-refractivity contribution >= 4 is 11.6 Å². The molecule has 0 unspecified atom stereocenters.